The number of aryl methyl sites for hydroxylation is 1. The van der Waals surface area contributed by atoms with Gasteiger partial charge in [0.15, 0.2) is 5.78 Å². The van der Waals surface area contributed by atoms with Gasteiger partial charge in [-0.1, -0.05) is 18.2 Å². The number of phenols is 1. The second-order valence-electron chi connectivity index (χ2n) is 4.84. The van der Waals surface area contributed by atoms with Crippen molar-refractivity contribution in [1.29, 1.82) is 0 Å². The zero-order chi connectivity index (χ0) is 12.9. The first-order valence-corrected chi connectivity index (χ1v) is 6.06. The van der Waals surface area contributed by atoms with E-state index in [1.807, 2.05) is 31.2 Å². The molecule has 0 spiro atoms. The van der Waals surface area contributed by atoms with E-state index in [1.54, 1.807) is 0 Å². The number of hydrogen-bond acceptors (Lipinski definition) is 3. The largest absolute Gasteiger partial charge is 0.507 e. The molecule has 1 aliphatic carbocycles. The average molecular weight is 242 g/mol. The van der Waals surface area contributed by atoms with Crippen LogP contribution in [0.2, 0.25) is 0 Å². The van der Waals surface area contributed by atoms with Crippen molar-refractivity contribution in [2.24, 2.45) is 0 Å². The molecule has 1 aliphatic rings. The maximum atomic E-state index is 11.9. The Morgan fingerprint density at radius 3 is 2.89 bits per heavy atom. The van der Waals surface area contributed by atoms with Crippen LogP contribution in [-0.2, 0) is 0 Å². The second kappa shape index (κ2) is 3.82. The number of benzene rings is 2. The third kappa shape index (κ3) is 1.44. The summed E-state index contributed by atoms with van der Waals surface area (Å²) in [5, 5.41) is 21.9. The number of phenolic OH excluding ortho intramolecular Hbond substituents is 1. The van der Waals surface area contributed by atoms with Crippen LogP contribution in [0.5, 0.6) is 5.75 Å². The lowest BCUT2D eigenvalue weighted by Crippen LogP contribution is -2.15. The summed E-state index contributed by atoms with van der Waals surface area (Å²) in [5.41, 5.74) is 1.79. The summed E-state index contributed by atoms with van der Waals surface area (Å²) in [6, 6.07) is 7.51. The fourth-order valence-corrected chi connectivity index (χ4v) is 2.74. The summed E-state index contributed by atoms with van der Waals surface area (Å²) in [6.45, 7) is 1.90. The van der Waals surface area contributed by atoms with E-state index in [0.29, 0.717) is 29.4 Å². The van der Waals surface area contributed by atoms with Crippen LogP contribution < -0.4 is 0 Å². The molecular formula is C15H14O3. The lowest BCUT2D eigenvalue weighted by molar-refractivity contribution is 0.0893. The zero-order valence-corrected chi connectivity index (χ0v) is 10.1. The Morgan fingerprint density at radius 2 is 2.11 bits per heavy atom. The van der Waals surface area contributed by atoms with Crippen LogP contribution >= 0.6 is 0 Å². The number of rotatable bonds is 0. The number of ketones is 1. The van der Waals surface area contributed by atoms with Gasteiger partial charge in [0.1, 0.15) is 5.75 Å². The minimum absolute atomic E-state index is 0.0179. The van der Waals surface area contributed by atoms with E-state index in [1.165, 1.54) is 0 Å². The van der Waals surface area contributed by atoms with E-state index in [4.69, 9.17) is 0 Å². The number of fused-ring (bicyclic) bond motifs is 2. The number of aliphatic hydroxyl groups excluding tert-OH is 1. The lowest BCUT2D eigenvalue weighted by atomic mass is 9.85. The van der Waals surface area contributed by atoms with E-state index in [0.717, 1.165) is 10.9 Å². The maximum absolute atomic E-state index is 11.9. The van der Waals surface area contributed by atoms with Gasteiger partial charge in [0.05, 0.1) is 11.7 Å². The molecule has 0 saturated heterocycles. The van der Waals surface area contributed by atoms with Crippen molar-refractivity contribution in [2.75, 3.05) is 0 Å². The highest BCUT2D eigenvalue weighted by Gasteiger charge is 2.28. The van der Waals surface area contributed by atoms with Crippen LogP contribution in [0.15, 0.2) is 24.3 Å². The molecular weight excluding hydrogens is 228 g/mol. The Labute approximate surface area is 105 Å². The van der Waals surface area contributed by atoms with Crippen LogP contribution in [0.1, 0.15) is 40.4 Å². The third-order valence-electron chi connectivity index (χ3n) is 3.66. The van der Waals surface area contributed by atoms with Crippen molar-refractivity contribution in [3.05, 3.63) is 41.0 Å². The minimum atomic E-state index is -0.659. The molecule has 0 radical (unpaired) electrons. The first-order valence-electron chi connectivity index (χ1n) is 6.06. The van der Waals surface area contributed by atoms with E-state index in [9.17, 15) is 15.0 Å². The SMILES string of the molecule is Cc1cccc2cc3c(c(O)c12)C(=O)CC[C@@H]3O. The standard InChI is InChI=1S/C15H14O3/c1-8-3-2-4-9-7-10-11(16)5-6-12(17)14(10)15(18)13(8)9/h2-4,7,11,16,18H,5-6H2,1H3/t11-/m0/s1. The molecule has 2 aromatic carbocycles. The van der Waals surface area contributed by atoms with Gasteiger partial charge in [-0.05, 0) is 35.9 Å². The molecule has 0 unspecified atom stereocenters. The van der Waals surface area contributed by atoms with Crippen molar-refractivity contribution in [2.45, 2.75) is 25.9 Å². The smallest absolute Gasteiger partial charge is 0.167 e. The topological polar surface area (TPSA) is 57.5 Å². The Hall–Kier alpha value is -1.87. The van der Waals surface area contributed by atoms with Crippen LogP contribution in [0.3, 0.4) is 0 Å². The fraction of sp³-hybridized carbons (Fsp3) is 0.267. The highest BCUT2D eigenvalue weighted by atomic mass is 16.3. The van der Waals surface area contributed by atoms with Crippen molar-refractivity contribution in [3.63, 3.8) is 0 Å². The Bertz CT molecular complexity index is 658. The van der Waals surface area contributed by atoms with E-state index in [2.05, 4.69) is 0 Å². The predicted octanol–water partition coefficient (Wildman–Crippen LogP) is 2.86. The van der Waals surface area contributed by atoms with E-state index >= 15 is 0 Å². The second-order valence-corrected chi connectivity index (χ2v) is 4.84. The molecule has 0 aliphatic heterocycles. The summed E-state index contributed by atoms with van der Waals surface area (Å²) in [5.74, 6) is -0.0673. The van der Waals surface area contributed by atoms with Crippen molar-refractivity contribution < 1.29 is 15.0 Å². The minimum Gasteiger partial charge on any atom is -0.507 e. The van der Waals surface area contributed by atoms with E-state index < -0.39 is 6.10 Å². The molecule has 3 rings (SSSR count). The molecule has 0 heterocycles. The molecule has 0 amide bonds. The number of aliphatic hydroxyl groups is 1. The molecule has 92 valence electrons. The average Bonchev–Trinajstić information content (AvgIpc) is 2.34. The van der Waals surface area contributed by atoms with Gasteiger partial charge in [-0.3, -0.25) is 4.79 Å². The number of aromatic hydroxyl groups is 1. The summed E-state index contributed by atoms with van der Waals surface area (Å²) >= 11 is 0. The summed E-state index contributed by atoms with van der Waals surface area (Å²) < 4.78 is 0. The highest BCUT2D eigenvalue weighted by Crippen LogP contribution is 2.40. The monoisotopic (exact) mass is 242 g/mol. The van der Waals surface area contributed by atoms with Gasteiger partial charge in [0, 0.05) is 11.8 Å². The zero-order valence-electron chi connectivity index (χ0n) is 10.1. The van der Waals surface area contributed by atoms with Crippen LogP contribution in [0.4, 0.5) is 0 Å². The van der Waals surface area contributed by atoms with Crippen LogP contribution in [-0.4, -0.2) is 16.0 Å². The van der Waals surface area contributed by atoms with E-state index in [-0.39, 0.29) is 11.5 Å². The third-order valence-corrected chi connectivity index (χ3v) is 3.66. The highest BCUT2D eigenvalue weighted by molar-refractivity contribution is 6.07. The van der Waals surface area contributed by atoms with Crippen molar-refractivity contribution in [3.8, 4) is 5.75 Å². The molecule has 3 heteroatoms. The van der Waals surface area contributed by atoms with Gasteiger partial charge in [-0.2, -0.15) is 0 Å². The first-order chi connectivity index (χ1) is 8.59. The van der Waals surface area contributed by atoms with Gasteiger partial charge in [-0.15, -0.1) is 0 Å². The van der Waals surface area contributed by atoms with Crippen molar-refractivity contribution >= 4 is 16.6 Å². The number of carbonyl (C=O) groups excluding carboxylic acids is 1. The molecule has 0 bridgehead atoms. The summed E-state index contributed by atoms with van der Waals surface area (Å²) in [4.78, 5) is 11.9. The Balaban J connectivity index is 2.45. The molecule has 0 saturated carbocycles. The quantitative estimate of drug-likeness (QED) is 0.746. The van der Waals surface area contributed by atoms with Gasteiger partial charge < -0.3 is 10.2 Å². The maximum Gasteiger partial charge on any atom is 0.167 e. The summed E-state index contributed by atoms with van der Waals surface area (Å²) in [6.07, 6.45) is 0.0651. The number of hydrogen-bond donors (Lipinski definition) is 2. The molecule has 1 atom stereocenters. The molecule has 18 heavy (non-hydrogen) atoms. The lowest BCUT2D eigenvalue weighted by Gasteiger charge is -2.22. The van der Waals surface area contributed by atoms with Gasteiger partial charge in [0.25, 0.3) is 0 Å². The molecule has 2 aromatic rings. The molecule has 3 nitrogen and oxygen atoms in total. The normalized spacial score (nSPS) is 19.0. The summed E-state index contributed by atoms with van der Waals surface area (Å²) in [7, 11) is 0. The number of Topliss-reactive ketones (excluding diaryl/α,β-unsaturated/α-hetero) is 1. The van der Waals surface area contributed by atoms with Gasteiger partial charge >= 0.3 is 0 Å². The number of carbonyl (C=O) groups is 1. The van der Waals surface area contributed by atoms with Crippen molar-refractivity contribution in [1.82, 2.24) is 0 Å². The molecule has 0 aromatic heterocycles. The molecule has 2 N–H and O–H groups in total. The van der Waals surface area contributed by atoms with Gasteiger partial charge in [0.2, 0.25) is 0 Å². The van der Waals surface area contributed by atoms with Gasteiger partial charge in [-0.25, -0.2) is 0 Å². The predicted molar refractivity (Wildman–Crippen MR) is 68.9 cm³/mol. The van der Waals surface area contributed by atoms with Crippen LogP contribution in [0, 0.1) is 6.92 Å². The fourth-order valence-electron chi connectivity index (χ4n) is 2.74. The Morgan fingerprint density at radius 1 is 1.33 bits per heavy atom. The van der Waals surface area contributed by atoms with Crippen LogP contribution in [0.25, 0.3) is 10.8 Å². The molecule has 0 fully saturated rings. The Kier molecular flexibility index (Phi) is 2.38. The first kappa shape index (κ1) is 11.2.